The van der Waals surface area contributed by atoms with Crippen molar-refractivity contribution in [3.63, 3.8) is 0 Å². The van der Waals surface area contributed by atoms with Crippen molar-refractivity contribution in [1.29, 1.82) is 0 Å². The molecule has 1 aromatic rings. The smallest absolute Gasteiger partial charge is 0.140 e. The second-order valence-corrected chi connectivity index (χ2v) is 3.25. The van der Waals surface area contributed by atoms with Gasteiger partial charge < -0.3 is 5.73 Å². The van der Waals surface area contributed by atoms with Gasteiger partial charge in [-0.2, -0.15) is 0 Å². The standard InChI is InChI=1S/C8H8BrF2N/c9-6-3-5(1-2-12)7(10)4-8(6)11/h3-4H,1-2,12H2. The topological polar surface area (TPSA) is 26.0 Å². The van der Waals surface area contributed by atoms with E-state index in [2.05, 4.69) is 15.9 Å². The van der Waals surface area contributed by atoms with E-state index in [1.54, 1.807) is 0 Å². The molecule has 0 bridgehead atoms. The van der Waals surface area contributed by atoms with Crippen molar-refractivity contribution in [2.45, 2.75) is 6.42 Å². The van der Waals surface area contributed by atoms with E-state index in [4.69, 9.17) is 5.73 Å². The van der Waals surface area contributed by atoms with Crippen LogP contribution in [-0.2, 0) is 6.42 Å². The summed E-state index contributed by atoms with van der Waals surface area (Å²) in [5, 5.41) is 0. The van der Waals surface area contributed by atoms with Crippen LogP contribution in [0, 0.1) is 11.6 Å². The molecule has 1 rings (SSSR count). The first-order valence-electron chi connectivity index (χ1n) is 3.48. The van der Waals surface area contributed by atoms with E-state index in [9.17, 15) is 8.78 Å². The van der Waals surface area contributed by atoms with Gasteiger partial charge in [-0.1, -0.05) is 0 Å². The minimum Gasteiger partial charge on any atom is -0.330 e. The zero-order valence-corrected chi connectivity index (χ0v) is 7.87. The van der Waals surface area contributed by atoms with Gasteiger partial charge in [-0.3, -0.25) is 0 Å². The largest absolute Gasteiger partial charge is 0.330 e. The minimum atomic E-state index is -0.590. The molecule has 2 N–H and O–H groups in total. The second kappa shape index (κ2) is 3.96. The minimum absolute atomic E-state index is 0.271. The van der Waals surface area contributed by atoms with Gasteiger partial charge in [0.15, 0.2) is 0 Å². The molecule has 0 amide bonds. The molecule has 0 unspecified atom stereocenters. The highest BCUT2D eigenvalue weighted by molar-refractivity contribution is 9.10. The number of benzene rings is 1. The van der Waals surface area contributed by atoms with Crippen molar-refractivity contribution in [3.05, 3.63) is 33.8 Å². The molecule has 0 heterocycles. The molecule has 4 heteroatoms. The van der Waals surface area contributed by atoms with E-state index in [-0.39, 0.29) is 4.47 Å². The Kier molecular flexibility index (Phi) is 3.17. The van der Waals surface area contributed by atoms with Crippen LogP contribution in [0.5, 0.6) is 0 Å². The molecule has 12 heavy (non-hydrogen) atoms. The molecular weight excluding hydrogens is 228 g/mol. The first-order chi connectivity index (χ1) is 5.65. The molecule has 1 nitrogen and oxygen atoms in total. The van der Waals surface area contributed by atoms with Gasteiger partial charge in [-0.15, -0.1) is 0 Å². The second-order valence-electron chi connectivity index (χ2n) is 2.40. The normalized spacial score (nSPS) is 10.3. The lowest BCUT2D eigenvalue weighted by Crippen LogP contribution is -2.04. The third kappa shape index (κ3) is 2.01. The summed E-state index contributed by atoms with van der Waals surface area (Å²) in [6.45, 7) is 0.356. The maximum Gasteiger partial charge on any atom is 0.140 e. The maximum atomic E-state index is 12.9. The van der Waals surface area contributed by atoms with Crippen molar-refractivity contribution in [2.75, 3.05) is 6.54 Å². The third-order valence-electron chi connectivity index (χ3n) is 1.50. The van der Waals surface area contributed by atoms with Gasteiger partial charge in [0.1, 0.15) is 11.6 Å². The maximum absolute atomic E-state index is 12.9. The number of nitrogens with two attached hydrogens (primary N) is 1. The van der Waals surface area contributed by atoms with Crippen molar-refractivity contribution in [1.82, 2.24) is 0 Å². The Morgan fingerprint density at radius 3 is 2.50 bits per heavy atom. The Labute approximate surface area is 77.7 Å². The highest BCUT2D eigenvalue weighted by Crippen LogP contribution is 2.19. The fourth-order valence-electron chi connectivity index (χ4n) is 0.911. The third-order valence-corrected chi connectivity index (χ3v) is 2.11. The van der Waals surface area contributed by atoms with E-state index in [0.717, 1.165) is 6.07 Å². The molecule has 1 aromatic carbocycles. The predicted molar refractivity (Wildman–Crippen MR) is 46.8 cm³/mol. The summed E-state index contributed by atoms with van der Waals surface area (Å²) in [4.78, 5) is 0. The first kappa shape index (κ1) is 9.61. The zero-order chi connectivity index (χ0) is 9.14. The Balaban J connectivity index is 3.05. The molecule has 0 saturated carbocycles. The Bertz CT molecular complexity index is 289. The van der Waals surface area contributed by atoms with Crippen molar-refractivity contribution < 1.29 is 8.78 Å². The lowest BCUT2D eigenvalue weighted by atomic mass is 10.1. The number of hydrogen-bond donors (Lipinski definition) is 1. The molecule has 0 aromatic heterocycles. The van der Waals surface area contributed by atoms with Crippen LogP contribution in [0.3, 0.4) is 0 Å². The van der Waals surface area contributed by atoms with Crippen LogP contribution < -0.4 is 5.73 Å². The van der Waals surface area contributed by atoms with E-state index < -0.39 is 11.6 Å². The molecule has 0 aliphatic carbocycles. The summed E-state index contributed by atoms with van der Waals surface area (Å²) in [5.74, 6) is -1.13. The first-order valence-corrected chi connectivity index (χ1v) is 4.28. The lowest BCUT2D eigenvalue weighted by Gasteiger charge is -2.02. The summed E-state index contributed by atoms with van der Waals surface area (Å²) in [6, 6.07) is 2.27. The molecule has 0 atom stereocenters. The molecule has 0 radical (unpaired) electrons. The van der Waals surface area contributed by atoms with Crippen LogP contribution >= 0.6 is 15.9 Å². The predicted octanol–water partition coefficient (Wildman–Crippen LogP) is 2.23. The van der Waals surface area contributed by atoms with E-state index >= 15 is 0 Å². The summed E-state index contributed by atoms with van der Waals surface area (Å²) in [6.07, 6.45) is 0.421. The highest BCUT2D eigenvalue weighted by Gasteiger charge is 2.06. The van der Waals surface area contributed by atoms with Crippen LogP contribution in [-0.4, -0.2) is 6.54 Å². The average molecular weight is 236 g/mol. The Morgan fingerprint density at radius 1 is 1.25 bits per heavy atom. The van der Waals surface area contributed by atoms with Crippen molar-refractivity contribution in [2.24, 2.45) is 5.73 Å². The zero-order valence-electron chi connectivity index (χ0n) is 6.28. The van der Waals surface area contributed by atoms with Gasteiger partial charge in [0.05, 0.1) is 4.47 Å². The molecule has 66 valence electrons. The van der Waals surface area contributed by atoms with Gasteiger partial charge in [0, 0.05) is 6.07 Å². The van der Waals surface area contributed by atoms with Crippen molar-refractivity contribution in [3.8, 4) is 0 Å². The molecule has 0 aliphatic heterocycles. The SMILES string of the molecule is NCCc1cc(Br)c(F)cc1F. The fraction of sp³-hybridized carbons (Fsp3) is 0.250. The quantitative estimate of drug-likeness (QED) is 0.783. The van der Waals surface area contributed by atoms with Gasteiger partial charge >= 0.3 is 0 Å². The average Bonchev–Trinajstić information content (AvgIpc) is 2.01. The lowest BCUT2D eigenvalue weighted by molar-refractivity contribution is 0.568. The van der Waals surface area contributed by atoms with Gasteiger partial charge in [-0.25, -0.2) is 8.78 Å². The number of halogens is 3. The van der Waals surface area contributed by atoms with Crippen LogP contribution in [0.1, 0.15) is 5.56 Å². The number of rotatable bonds is 2. The van der Waals surface area contributed by atoms with Gasteiger partial charge in [-0.05, 0) is 40.5 Å². The van der Waals surface area contributed by atoms with E-state index in [1.165, 1.54) is 6.07 Å². The van der Waals surface area contributed by atoms with Crippen LogP contribution in [0.15, 0.2) is 16.6 Å². The van der Waals surface area contributed by atoms with E-state index in [0.29, 0.717) is 18.5 Å². The molecule has 0 spiro atoms. The van der Waals surface area contributed by atoms with Crippen molar-refractivity contribution >= 4 is 15.9 Å². The molecule has 0 fully saturated rings. The van der Waals surface area contributed by atoms with Crippen LogP contribution in [0.2, 0.25) is 0 Å². The summed E-state index contributed by atoms with van der Waals surface area (Å²) in [5.41, 5.74) is 5.68. The van der Waals surface area contributed by atoms with Gasteiger partial charge in [0.25, 0.3) is 0 Å². The highest BCUT2D eigenvalue weighted by atomic mass is 79.9. The number of hydrogen-bond acceptors (Lipinski definition) is 1. The molecule has 0 saturated heterocycles. The van der Waals surface area contributed by atoms with Gasteiger partial charge in [0.2, 0.25) is 0 Å². The summed E-state index contributed by atoms with van der Waals surface area (Å²) >= 11 is 2.97. The van der Waals surface area contributed by atoms with Crippen LogP contribution in [0.25, 0.3) is 0 Å². The monoisotopic (exact) mass is 235 g/mol. The summed E-state index contributed by atoms with van der Waals surface area (Å²) < 4.78 is 25.9. The summed E-state index contributed by atoms with van der Waals surface area (Å²) in [7, 11) is 0. The molecular formula is C8H8BrF2N. The fourth-order valence-corrected chi connectivity index (χ4v) is 1.30. The van der Waals surface area contributed by atoms with E-state index in [1.807, 2.05) is 0 Å². The Hall–Kier alpha value is -0.480. The Morgan fingerprint density at radius 2 is 1.92 bits per heavy atom. The molecule has 0 aliphatic rings. The van der Waals surface area contributed by atoms with Crippen LogP contribution in [0.4, 0.5) is 8.78 Å².